The lowest BCUT2D eigenvalue weighted by Gasteiger charge is -2.46. The molecule has 0 spiro atoms. The van der Waals surface area contributed by atoms with E-state index in [1.807, 2.05) is 0 Å². The molecule has 2 nitrogen and oxygen atoms in total. The zero-order valence-electron chi connectivity index (χ0n) is 40.8. The van der Waals surface area contributed by atoms with Crippen LogP contribution >= 0.6 is 12.6 Å². The van der Waals surface area contributed by atoms with Crippen molar-refractivity contribution in [1.29, 1.82) is 0 Å². The van der Waals surface area contributed by atoms with Gasteiger partial charge in [-0.2, -0.15) is 0 Å². The van der Waals surface area contributed by atoms with Crippen LogP contribution < -0.4 is 9.80 Å². The molecule has 0 N–H and O–H groups in total. The van der Waals surface area contributed by atoms with Crippen molar-refractivity contribution in [3.8, 4) is 11.1 Å². The first kappa shape index (κ1) is 45.1. The first-order valence-electron chi connectivity index (χ1n) is 23.8. The molecular weight excluding hydrogens is 781 g/mol. The zero-order chi connectivity index (χ0) is 45.3. The average molecular weight is 855 g/mol. The number of benzene rings is 5. The predicted molar refractivity (Wildman–Crippen MR) is 277 cm³/mol. The molecule has 0 aliphatic heterocycles. The van der Waals surface area contributed by atoms with E-state index in [0.717, 1.165) is 30.7 Å². The number of fused-ring (bicyclic) bond motifs is 2. The Bertz CT molecular complexity index is 2540. The van der Waals surface area contributed by atoms with Crippen LogP contribution in [-0.2, 0) is 27.1 Å². The summed E-state index contributed by atoms with van der Waals surface area (Å²) in [6.07, 6.45) is 12.5. The minimum absolute atomic E-state index is 0.0177. The highest BCUT2D eigenvalue weighted by molar-refractivity contribution is 7.84. The Kier molecular flexibility index (Phi) is 11.8. The standard InChI is InChI=1S/C60H74N2S/c1-40-33-46(61(39-43-35-48(63)22-17-19-41(43)2)45-27-25-44(26-28-45)56(3,4)5)36-47(34-40)62(53-24-18-23-50-55(53)60(12,13)32-31-57(50,6)7)54-38-52-51(58(8,9)29-30-59(52,10)11)37-49(54)42-20-15-14-16-21-42/h14-18,20-28,33-38,41,43,63H,19,29-32,39H2,1-13H3/t41-,43?/m0/s1. The fourth-order valence-electron chi connectivity index (χ4n) is 10.9. The molecule has 5 aromatic carbocycles. The minimum Gasteiger partial charge on any atom is -0.341 e. The summed E-state index contributed by atoms with van der Waals surface area (Å²) in [4.78, 5) is 6.33. The van der Waals surface area contributed by atoms with Gasteiger partial charge in [0.2, 0.25) is 0 Å². The van der Waals surface area contributed by atoms with Crippen LogP contribution in [0.4, 0.5) is 28.4 Å². The Morgan fingerprint density at radius 2 is 1.22 bits per heavy atom. The lowest BCUT2D eigenvalue weighted by Crippen LogP contribution is -2.36. The van der Waals surface area contributed by atoms with Gasteiger partial charge in [-0.15, -0.1) is 12.6 Å². The van der Waals surface area contributed by atoms with E-state index in [1.54, 1.807) is 0 Å². The molecular formula is C60H74N2S. The van der Waals surface area contributed by atoms with Crippen LogP contribution in [-0.4, -0.2) is 6.54 Å². The first-order chi connectivity index (χ1) is 29.6. The SMILES string of the molecule is Cc1cc(N(CC2C=C(S)C=CC[C@@H]2C)c2ccc(C(C)(C)C)cc2)cc(N(c2cc3c(cc2-c2ccccc2)C(C)(C)CCC3(C)C)c2cccc3c2C(C)(C)CCC3(C)C)c1. The molecule has 0 aromatic heterocycles. The van der Waals surface area contributed by atoms with E-state index in [1.165, 1.54) is 85.8 Å². The summed E-state index contributed by atoms with van der Waals surface area (Å²) in [7, 11) is 0. The Morgan fingerprint density at radius 3 is 1.87 bits per heavy atom. The van der Waals surface area contributed by atoms with E-state index in [2.05, 4.69) is 221 Å². The number of hydrogen-bond donors (Lipinski definition) is 1. The van der Waals surface area contributed by atoms with Gasteiger partial charge in [0.15, 0.2) is 0 Å². The maximum absolute atomic E-state index is 4.92. The molecule has 0 fully saturated rings. The monoisotopic (exact) mass is 855 g/mol. The number of nitrogens with zero attached hydrogens (tertiary/aromatic N) is 2. The van der Waals surface area contributed by atoms with E-state index in [9.17, 15) is 0 Å². The molecule has 2 atom stereocenters. The van der Waals surface area contributed by atoms with Crippen molar-refractivity contribution in [2.45, 2.75) is 149 Å². The fourth-order valence-corrected chi connectivity index (χ4v) is 11.2. The number of thiol groups is 1. The van der Waals surface area contributed by atoms with E-state index >= 15 is 0 Å². The van der Waals surface area contributed by atoms with Crippen LogP contribution in [0, 0.1) is 18.8 Å². The minimum atomic E-state index is -0.0177. The first-order valence-corrected chi connectivity index (χ1v) is 24.3. The van der Waals surface area contributed by atoms with Crippen molar-refractivity contribution in [3.63, 3.8) is 0 Å². The Labute approximate surface area is 387 Å². The lowest BCUT2D eigenvalue weighted by atomic mass is 9.62. The van der Waals surface area contributed by atoms with Crippen LogP contribution in [0.25, 0.3) is 11.1 Å². The van der Waals surface area contributed by atoms with E-state index < -0.39 is 0 Å². The molecule has 63 heavy (non-hydrogen) atoms. The predicted octanol–water partition coefficient (Wildman–Crippen LogP) is 17.3. The van der Waals surface area contributed by atoms with Gasteiger partial charge in [-0.1, -0.05) is 156 Å². The van der Waals surface area contributed by atoms with Crippen molar-refractivity contribution in [3.05, 3.63) is 160 Å². The summed E-state index contributed by atoms with van der Waals surface area (Å²) in [6.45, 7) is 32.2. The van der Waals surface area contributed by atoms with Gasteiger partial charge in [-0.05, 0) is 165 Å². The number of aryl methyl sites for hydroxylation is 1. The highest BCUT2D eigenvalue weighted by Gasteiger charge is 2.42. The number of anilines is 5. The molecule has 0 heterocycles. The summed E-state index contributed by atoms with van der Waals surface area (Å²) in [5, 5.41) is 0. The summed E-state index contributed by atoms with van der Waals surface area (Å²) in [5.41, 5.74) is 17.4. The highest BCUT2D eigenvalue weighted by Crippen LogP contribution is 2.56. The maximum Gasteiger partial charge on any atom is 0.0543 e. The van der Waals surface area contributed by atoms with Crippen LogP contribution in [0.1, 0.15) is 149 Å². The normalized spacial score (nSPS) is 20.8. The molecule has 0 bridgehead atoms. The fraction of sp³-hybridized carbons (Fsp3) is 0.433. The van der Waals surface area contributed by atoms with Gasteiger partial charge in [0.1, 0.15) is 0 Å². The Hall–Kier alpha value is -4.47. The average Bonchev–Trinajstić information content (AvgIpc) is 3.38. The molecule has 0 amide bonds. The van der Waals surface area contributed by atoms with Gasteiger partial charge < -0.3 is 9.80 Å². The van der Waals surface area contributed by atoms with Gasteiger partial charge in [0, 0.05) is 34.1 Å². The van der Waals surface area contributed by atoms with Gasteiger partial charge in [0.25, 0.3) is 0 Å². The Balaban J connectivity index is 1.44. The molecule has 8 rings (SSSR count). The summed E-state index contributed by atoms with van der Waals surface area (Å²) in [5.74, 6) is 0.788. The topological polar surface area (TPSA) is 6.48 Å². The highest BCUT2D eigenvalue weighted by atomic mass is 32.1. The third kappa shape index (κ3) is 8.86. The van der Waals surface area contributed by atoms with E-state index in [-0.39, 0.29) is 27.1 Å². The number of allylic oxidation sites excluding steroid dienone is 2. The molecule has 0 saturated heterocycles. The largest absolute Gasteiger partial charge is 0.341 e. The number of rotatable bonds is 8. The molecule has 3 aliphatic carbocycles. The smallest absolute Gasteiger partial charge is 0.0543 e. The van der Waals surface area contributed by atoms with Crippen molar-refractivity contribution >= 4 is 41.1 Å². The lowest BCUT2D eigenvalue weighted by molar-refractivity contribution is 0.331. The van der Waals surface area contributed by atoms with Crippen LogP contribution in [0.3, 0.4) is 0 Å². The molecule has 330 valence electrons. The van der Waals surface area contributed by atoms with Gasteiger partial charge in [-0.25, -0.2) is 0 Å². The molecule has 1 unspecified atom stereocenters. The van der Waals surface area contributed by atoms with Crippen molar-refractivity contribution < 1.29 is 0 Å². The van der Waals surface area contributed by atoms with Crippen LogP contribution in [0.5, 0.6) is 0 Å². The molecule has 0 radical (unpaired) electrons. The molecule has 5 aromatic rings. The maximum atomic E-state index is 4.92. The molecule has 3 aliphatic rings. The zero-order valence-corrected chi connectivity index (χ0v) is 41.7. The second-order valence-electron chi connectivity index (χ2n) is 23.2. The van der Waals surface area contributed by atoms with Gasteiger partial charge in [-0.3, -0.25) is 0 Å². The number of hydrogen-bond acceptors (Lipinski definition) is 3. The third-order valence-corrected chi connectivity index (χ3v) is 15.6. The summed E-state index contributed by atoms with van der Waals surface area (Å²) < 4.78 is 0. The van der Waals surface area contributed by atoms with Crippen LogP contribution in [0.2, 0.25) is 0 Å². The van der Waals surface area contributed by atoms with Gasteiger partial charge in [0.05, 0.1) is 11.4 Å². The van der Waals surface area contributed by atoms with Crippen LogP contribution in [0.15, 0.2) is 126 Å². The third-order valence-electron chi connectivity index (χ3n) is 15.3. The molecule has 3 heteroatoms. The molecule has 0 saturated carbocycles. The van der Waals surface area contributed by atoms with E-state index in [0.29, 0.717) is 11.8 Å². The van der Waals surface area contributed by atoms with Gasteiger partial charge >= 0.3 is 0 Å². The van der Waals surface area contributed by atoms with Crippen molar-refractivity contribution in [2.75, 3.05) is 16.3 Å². The van der Waals surface area contributed by atoms with E-state index in [4.69, 9.17) is 12.6 Å². The van der Waals surface area contributed by atoms with Crippen molar-refractivity contribution in [1.82, 2.24) is 0 Å². The second kappa shape index (κ2) is 16.5. The Morgan fingerprint density at radius 1 is 0.619 bits per heavy atom. The van der Waals surface area contributed by atoms with Crippen molar-refractivity contribution in [2.24, 2.45) is 11.8 Å². The summed E-state index contributed by atoms with van der Waals surface area (Å²) >= 11 is 4.92. The summed E-state index contributed by atoms with van der Waals surface area (Å²) in [6, 6.07) is 40.3. The quantitative estimate of drug-likeness (QED) is 0.155. The second-order valence-corrected chi connectivity index (χ2v) is 23.7.